The monoisotopic (exact) mass is 391 g/mol. The van der Waals surface area contributed by atoms with Crippen molar-refractivity contribution in [2.75, 3.05) is 6.54 Å². The first-order chi connectivity index (χ1) is 14.1. The average molecular weight is 391 g/mol. The molecule has 2 heterocycles. The van der Waals surface area contributed by atoms with Gasteiger partial charge in [0, 0.05) is 24.7 Å². The van der Waals surface area contributed by atoms with E-state index in [-0.39, 0.29) is 18.0 Å². The third-order valence-corrected chi connectivity index (χ3v) is 4.70. The third-order valence-electron chi connectivity index (χ3n) is 4.70. The number of carbonyl (C=O) groups is 1. The van der Waals surface area contributed by atoms with Crippen molar-refractivity contribution in [3.63, 3.8) is 0 Å². The number of para-hydroxylation sites is 2. The van der Waals surface area contributed by atoms with Crippen LogP contribution >= 0.6 is 0 Å². The van der Waals surface area contributed by atoms with E-state index in [9.17, 15) is 9.59 Å². The Morgan fingerprint density at radius 2 is 1.76 bits per heavy atom. The van der Waals surface area contributed by atoms with Crippen LogP contribution in [0.25, 0.3) is 11.3 Å². The van der Waals surface area contributed by atoms with Crippen LogP contribution in [0.15, 0.2) is 71.8 Å². The van der Waals surface area contributed by atoms with Gasteiger partial charge in [0.25, 0.3) is 11.5 Å². The van der Waals surface area contributed by atoms with Crippen molar-refractivity contribution in [2.24, 2.45) is 0 Å². The highest BCUT2D eigenvalue weighted by Crippen LogP contribution is 2.33. The molecule has 1 aromatic heterocycles. The fraction of sp³-hybridized carbons (Fsp3) is 0.227. The van der Waals surface area contributed by atoms with Gasteiger partial charge in [0.1, 0.15) is 6.10 Å². The van der Waals surface area contributed by atoms with E-state index in [1.54, 1.807) is 19.1 Å². The number of amides is 1. The molecule has 0 fully saturated rings. The fourth-order valence-electron chi connectivity index (χ4n) is 3.17. The van der Waals surface area contributed by atoms with Crippen LogP contribution in [0.1, 0.15) is 6.92 Å². The zero-order valence-electron chi connectivity index (χ0n) is 15.9. The molecule has 4 rings (SSSR count). The molecule has 7 heteroatoms. The molecule has 1 N–H and O–H groups in total. The van der Waals surface area contributed by atoms with Gasteiger partial charge in [-0.3, -0.25) is 14.2 Å². The Morgan fingerprint density at radius 3 is 2.48 bits per heavy atom. The summed E-state index contributed by atoms with van der Waals surface area (Å²) in [5, 5.41) is 2.80. The molecule has 29 heavy (non-hydrogen) atoms. The van der Waals surface area contributed by atoms with Crippen LogP contribution in [-0.4, -0.2) is 34.2 Å². The normalized spacial score (nSPS) is 17.6. The Bertz CT molecular complexity index is 1060. The van der Waals surface area contributed by atoms with Gasteiger partial charge in [-0.2, -0.15) is 0 Å². The number of hydrogen-bond donors (Lipinski definition) is 1. The molecule has 0 unspecified atom stereocenters. The Labute approximate surface area is 167 Å². The minimum atomic E-state index is -0.750. The average Bonchev–Trinajstić information content (AvgIpc) is 2.75. The van der Waals surface area contributed by atoms with Crippen molar-refractivity contribution in [1.82, 2.24) is 14.9 Å². The van der Waals surface area contributed by atoms with Crippen LogP contribution < -0.4 is 20.3 Å². The van der Waals surface area contributed by atoms with Crippen LogP contribution in [0.5, 0.6) is 11.5 Å². The van der Waals surface area contributed by atoms with E-state index in [2.05, 4.69) is 10.3 Å². The molecule has 1 amide bonds. The van der Waals surface area contributed by atoms with Gasteiger partial charge in [-0.05, 0) is 19.1 Å². The second-order valence-corrected chi connectivity index (χ2v) is 6.77. The van der Waals surface area contributed by atoms with Crippen molar-refractivity contribution < 1.29 is 14.3 Å². The van der Waals surface area contributed by atoms with Gasteiger partial charge in [-0.15, -0.1) is 0 Å². The molecule has 0 saturated heterocycles. The highest BCUT2D eigenvalue weighted by Gasteiger charge is 2.33. The van der Waals surface area contributed by atoms with Gasteiger partial charge in [0.15, 0.2) is 11.5 Å². The van der Waals surface area contributed by atoms with E-state index in [0.29, 0.717) is 23.7 Å². The number of nitrogens with zero attached hydrogens (tertiary/aromatic N) is 2. The summed E-state index contributed by atoms with van der Waals surface area (Å²) < 4.78 is 13.0. The summed E-state index contributed by atoms with van der Waals surface area (Å²) in [6.45, 7) is 2.38. The molecule has 148 valence electrons. The molecule has 0 radical (unpaired) electrons. The highest BCUT2D eigenvalue weighted by atomic mass is 16.6. The zero-order valence-corrected chi connectivity index (χ0v) is 15.9. The second-order valence-electron chi connectivity index (χ2n) is 6.77. The summed E-state index contributed by atoms with van der Waals surface area (Å²) >= 11 is 0. The molecule has 7 nitrogen and oxygen atoms in total. The van der Waals surface area contributed by atoms with E-state index in [4.69, 9.17) is 9.47 Å². The summed E-state index contributed by atoms with van der Waals surface area (Å²) in [7, 11) is 0. The summed E-state index contributed by atoms with van der Waals surface area (Å²) in [6.07, 6.45) is 0.329. The smallest absolute Gasteiger partial charge is 0.265 e. The molecule has 0 bridgehead atoms. The van der Waals surface area contributed by atoms with Crippen LogP contribution in [0, 0.1) is 0 Å². The Morgan fingerprint density at radius 1 is 1.07 bits per heavy atom. The lowest BCUT2D eigenvalue weighted by Gasteiger charge is -2.31. The lowest BCUT2D eigenvalue weighted by molar-refractivity contribution is -0.133. The first kappa shape index (κ1) is 18.7. The van der Waals surface area contributed by atoms with E-state index in [1.165, 1.54) is 17.0 Å². The molecular formula is C22H21N3O4. The van der Waals surface area contributed by atoms with Crippen molar-refractivity contribution in [3.05, 3.63) is 77.3 Å². The van der Waals surface area contributed by atoms with Gasteiger partial charge in [-0.1, -0.05) is 42.5 Å². The number of rotatable bonds is 5. The fourth-order valence-corrected chi connectivity index (χ4v) is 3.17. The van der Waals surface area contributed by atoms with Gasteiger partial charge in [0.05, 0.1) is 12.0 Å². The van der Waals surface area contributed by atoms with Crippen molar-refractivity contribution in [1.29, 1.82) is 0 Å². The minimum Gasteiger partial charge on any atom is -0.482 e. The Balaban J connectivity index is 1.35. The third kappa shape index (κ3) is 4.13. The Kier molecular flexibility index (Phi) is 5.29. The lowest BCUT2D eigenvalue weighted by atomic mass is 10.1. The van der Waals surface area contributed by atoms with E-state index >= 15 is 0 Å². The predicted molar refractivity (Wildman–Crippen MR) is 108 cm³/mol. The molecule has 0 aliphatic carbocycles. The maximum absolute atomic E-state index is 12.5. The van der Waals surface area contributed by atoms with Crippen LogP contribution in [0.3, 0.4) is 0 Å². The maximum atomic E-state index is 12.5. The van der Waals surface area contributed by atoms with Crippen molar-refractivity contribution in [3.8, 4) is 22.8 Å². The molecule has 0 saturated carbocycles. The first-order valence-corrected chi connectivity index (χ1v) is 9.44. The predicted octanol–water partition coefficient (Wildman–Crippen LogP) is 2.25. The van der Waals surface area contributed by atoms with Gasteiger partial charge >= 0.3 is 0 Å². The number of aromatic nitrogens is 2. The second kappa shape index (κ2) is 8.18. The largest absolute Gasteiger partial charge is 0.482 e. The molecule has 1 aliphatic heterocycles. The van der Waals surface area contributed by atoms with Crippen LogP contribution in [0.4, 0.5) is 0 Å². The molecule has 2 atom stereocenters. The lowest BCUT2D eigenvalue weighted by Crippen LogP contribution is -2.49. The first-order valence-electron chi connectivity index (χ1n) is 9.44. The number of fused-ring (bicyclic) bond motifs is 1. The number of ether oxygens (including phenoxy) is 2. The van der Waals surface area contributed by atoms with Crippen LogP contribution in [0.2, 0.25) is 0 Å². The summed E-state index contributed by atoms with van der Waals surface area (Å²) in [5.74, 6) is 0.886. The SMILES string of the molecule is C[C@H]1Oc2ccccc2O[C@@H]1C(=O)NCCn1cnc(-c2ccccc2)cc1=O. The van der Waals surface area contributed by atoms with Crippen LogP contribution in [-0.2, 0) is 11.3 Å². The molecule has 2 aromatic carbocycles. The summed E-state index contributed by atoms with van der Waals surface area (Å²) in [4.78, 5) is 29.2. The molecule has 0 spiro atoms. The maximum Gasteiger partial charge on any atom is 0.265 e. The molecule has 3 aromatic rings. The molecular weight excluding hydrogens is 370 g/mol. The van der Waals surface area contributed by atoms with Crippen molar-refractivity contribution >= 4 is 5.91 Å². The van der Waals surface area contributed by atoms with Crippen molar-refractivity contribution in [2.45, 2.75) is 25.7 Å². The quantitative estimate of drug-likeness (QED) is 0.721. The highest BCUT2D eigenvalue weighted by molar-refractivity contribution is 5.82. The van der Waals surface area contributed by atoms with E-state index in [0.717, 1.165) is 5.56 Å². The Hall–Kier alpha value is -3.61. The van der Waals surface area contributed by atoms with Gasteiger partial charge in [0.2, 0.25) is 6.10 Å². The summed E-state index contributed by atoms with van der Waals surface area (Å²) in [5.41, 5.74) is 1.33. The number of hydrogen-bond acceptors (Lipinski definition) is 5. The number of carbonyl (C=O) groups excluding carboxylic acids is 1. The van der Waals surface area contributed by atoms with E-state index in [1.807, 2.05) is 42.5 Å². The van der Waals surface area contributed by atoms with Gasteiger partial charge in [-0.25, -0.2) is 4.98 Å². The van der Waals surface area contributed by atoms with Gasteiger partial charge < -0.3 is 14.8 Å². The zero-order chi connectivity index (χ0) is 20.2. The topological polar surface area (TPSA) is 82.4 Å². The standard InChI is InChI=1S/C22H21N3O4/c1-15-21(29-19-10-6-5-9-18(19)28-15)22(27)23-11-12-25-14-24-17(13-20(25)26)16-7-3-2-4-8-16/h2-10,13-15,21H,11-12H2,1H3,(H,23,27)/t15-,21+/m1/s1. The van der Waals surface area contributed by atoms with E-state index < -0.39 is 12.2 Å². The number of benzene rings is 2. The molecule has 1 aliphatic rings. The summed E-state index contributed by atoms with van der Waals surface area (Å²) in [6, 6.07) is 18.2. The number of nitrogens with one attached hydrogen (secondary N) is 1. The minimum absolute atomic E-state index is 0.173.